The molecular formula is C11H14N4O5. The van der Waals surface area contributed by atoms with Gasteiger partial charge >= 0.3 is 6.09 Å². The fraction of sp³-hybridized carbons (Fsp3) is 0.364. The smallest absolute Gasteiger partial charge is 0.407 e. The van der Waals surface area contributed by atoms with Crippen LogP contribution in [0.2, 0.25) is 0 Å². The largest absolute Gasteiger partial charge is 0.493 e. The van der Waals surface area contributed by atoms with Crippen molar-refractivity contribution in [3.63, 3.8) is 0 Å². The van der Waals surface area contributed by atoms with Crippen molar-refractivity contribution in [2.45, 2.75) is 6.10 Å². The zero-order valence-corrected chi connectivity index (χ0v) is 10.7. The van der Waals surface area contributed by atoms with Crippen LogP contribution in [0.1, 0.15) is 0 Å². The average Bonchev–Trinajstić information content (AvgIpc) is 2.91. The van der Waals surface area contributed by atoms with Gasteiger partial charge in [-0.1, -0.05) is 12.1 Å². The number of nitrogens with one attached hydrogen (secondary N) is 1. The molecule has 1 aromatic carbocycles. The van der Waals surface area contributed by atoms with Gasteiger partial charge in [0.25, 0.3) is 0 Å². The summed E-state index contributed by atoms with van der Waals surface area (Å²) in [5.41, 5.74) is 7.08. The molecule has 1 amide bonds. The highest BCUT2D eigenvalue weighted by Gasteiger charge is 2.23. The van der Waals surface area contributed by atoms with Crippen LogP contribution in [0.15, 0.2) is 29.5 Å². The van der Waals surface area contributed by atoms with E-state index in [0.717, 1.165) is 0 Å². The summed E-state index contributed by atoms with van der Waals surface area (Å²) in [5.74, 6) is 1.31. The second kappa shape index (κ2) is 8.33. The Labute approximate surface area is 114 Å². The van der Waals surface area contributed by atoms with Gasteiger partial charge < -0.3 is 24.7 Å². The van der Waals surface area contributed by atoms with E-state index in [2.05, 4.69) is 5.32 Å². The molecule has 1 aliphatic rings. The van der Waals surface area contributed by atoms with Crippen molar-refractivity contribution in [1.29, 1.82) is 0 Å². The number of methoxy groups -OCH3 is 1. The van der Waals surface area contributed by atoms with E-state index in [0.29, 0.717) is 24.7 Å². The van der Waals surface area contributed by atoms with Crippen molar-refractivity contribution in [2.75, 3.05) is 20.3 Å². The molecule has 1 heterocycles. The highest BCUT2D eigenvalue weighted by Crippen LogP contribution is 2.26. The number of ether oxygens (including phenoxy) is 3. The minimum Gasteiger partial charge on any atom is -0.493 e. The van der Waals surface area contributed by atoms with Gasteiger partial charge in [0.15, 0.2) is 17.6 Å². The predicted octanol–water partition coefficient (Wildman–Crippen LogP) is 1.87. The molecule has 1 saturated heterocycles. The monoisotopic (exact) mass is 282 g/mol. The Morgan fingerprint density at radius 2 is 2.20 bits per heavy atom. The number of hydrogen-bond donors (Lipinski definition) is 2. The van der Waals surface area contributed by atoms with E-state index < -0.39 is 6.09 Å². The molecule has 20 heavy (non-hydrogen) atoms. The van der Waals surface area contributed by atoms with Crippen LogP contribution in [0, 0.1) is 0 Å². The Hall–Kier alpha value is -2.80. The number of azide groups is 1. The molecule has 0 radical (unpaired) electrons. The first-order valence-corrected chi connectivity index (χ1v) is 5.60. The fourth-order valence-electron chi connectivity index (χ4n) is 1.45. The lowest BCUT2D eigenvalue weighted by Crippen LogP contribution is -2.22. The number of nitrogens with zero attached hydrogens (tertiary/aromatic N) is 3. The molecule has 1 aliphatic heterocycles. The van der Waals surface area contributed by atoms with Gasteiger partial charge in [-0.3, -0.25) is 0 Å². The van der Waals surface area contributed by atoms with Gasteiger partial charge in [-0.15, -0.1) is 0 Å². The standard InChI is InChI=1S/C11H13NO4.HN3O/c1-14-9-4-2-3-5-10(9)15-7-8-6-12-11(13)16-8;1-2-3-4/h2-5,8H,6-7H2,1H3,(H,12,13);4H. The number of carbonyl (C=O) groups excluding carboxylic acids is 1. The number of benzene rings is 1. The molecule has 0 aliphatic carbocycles. The molecule has 108 valence electrons. The minimum atomic E-state index is -0.395. The van der Waals surface area contributed by atoms with Crippen LogP contribution >= 0.6 is 0 Å². The van der Waals surface area contributed by atoms with E-state index in [1.54, 1.807) is 7.11 Å². The highest BCUT2D eigenvalue weighted by atomic mass is 16.6. The summed E-state index contributed by atoms with van der Waals surface area (Å²) in [7, 11) is 1.58. The summed E-state index contributed by atoms with van der Waals surface area (Å²) >= 11 is 0. The van der Waals surface area contributed by atoms with Gasteiger partial charge in [-0.2, -0.15) is 0 Å². The Morgan fingerprint density at radius 1 is 1.55 bits per heavy atom. The third-order valence-corrected chi connectivity index (χ3v) is 2.28. The molecule has 9 nitrogen and oxygen atoms in total. The quantitative estimate of drug-likeness (QED) is 0.377. The predicted molar refractivity (Wildman–Crippen MR) is 67.7 cm³/mol. The molecule has 9 heteroatoms. The lowest BCUT2D eigenvalue weighted by Gasteiger charge is -2.12. The van der Waals surface area contributed by atoms with E-state index in [-0.39, 0.29) is 6.10 Å². The van der Waals surface area contributed by atoms with Gasteiger partial charge in [0.1, 0.15) is 11.9 Å². The second-order valence-electron chi connectivity index (χ2n) is 3.55. The van der Waals surface area contributed by atoms with Crippen molar-refractivity contribution < 1.29 is 24.2 Å². The van der Waals surface area contributed by atoms with Crippen LogP contribution in [0.5, 0.6) is 11.5 Å². The van der Waals surface area contributed by atoms with Crippen molar-refractivity contribution in [3.8, 4) is 11.5 Å². The second-order valence-corrected chi connectivity index (χ2v) is 3.55. The highest BCUT2D eigenvalue weighted by molar-refractivity contribution is 5.69. The zero-order chi connectivity index (χ0) is 14.8. The molecule has 0 spiro atoms. The van der Waals surface area contributed by atoms with Crippen molar-refractivity contribution >= 4 is 6.09 Å². The SMILES string of the molecule is COc1ccccc1OCC1CNC(=O)O1.[N-]=[N+]=NO. The van der Waals surface area contributed by atoms with Gasteiger partial charge in [-0.05, 0) is 17.7 Å². The van der Waals surface area contributed by atoms with Gasteiger partial charge in [-0.25, -0.2) is 4.79 Å². The van der Waals surface area contributed by atoms with Gasteiger partial charge in [0, 0.05) is 4.91 Å². The number of cyclic esters (lactones) is 1. The average molecular weight is 282 g/mol. The number of alkyl carbamates (subject to hydrolysis) is 1. The van der Waals surface area contributed by atoms with Crippen LogP contribution in [0.3, 0.4) is 0 Å². The number of rotatable bonds is 4. The zero-order valence-electron chi connectivity index (χ0n) is 10.7. The number of amides is 1. The first kappa shape index (κ1) is 15.3. The van der Waals surface area contributed by atoms with E-state index in [9.17, 15) is 4.79 Å². The van der Waals surface area contributed by atoms with Crippen LogP contribution in [-0.4, -0.2) is 37.7 Å². The fourth-order valence-corrected chi connectivity index (χ4v) is 1.45. The number of hydrogen-bond acceptors (Lipinski definition) is 5. The van der Waals surface area contributed by atoms with E-state index >= 15 is 0 Å². The molecular weight excluding hydrogens is 268 g/mol. The lowest BCUT2D eigenvalue weighted by atomic mass is 10.3. The topological polar surface area (TPSA) is 126 Å². The summed E-state index contributed by atoms with van der Waals surface area (Å²) in [5, 5.41) is 11.6. The van der Waals surface area contributed by atoms with Crippen molar-refractivity contribution in [3.05, 3.63) is 34.7 Å². The molecule has 2 N–H and O–H groups in total. The van der Waals surface area contributed by atoms with Crippen LogP contribution in [-0.2, 0) is 4.74 Å². The van der Waals surface area contributed by atoms with E-state index in [1.165, 1.54) is 0 Å². The molecule has 1 atom stereocenters. The third-order valence-electron chi connectivity index (χ3n) is 2.28. The van der Waals surface area contributed by atoms with Crippen molar-refractivity contribution in [2.24, 2.45) is 5.28 Å². The minimum absolute atomic E-state index is 0.239. The first-order valence-electron chi connectivity index (χ1n) is 5.60. The maximum atomic E-state index is 10.8. The molecule has 1 unspecified atom stereocenters. The first-order chi connectivity index (χ1) is 9.71. The van der Waals surface area contributed by atoms with Crippen LogP contribution in [0.25, 0.3) is 10.4 Å². The summed E-state index contributed by atoms with van der Waals surface area (Å²) in [6.45, 7) is 0.799. The summed E-state index contributed by atoms with van der Waals surface area (Å²) in [6, 6.07) is 7.34. The Morgan fingerprint density at radius 3 is 2.70 bits per heavy atom. The Bertz CT molecular complexity index is 489. The number of para-hydroxylation sites is 2. The van der Waals surface area contributed by atoms with Crippen LogP contribution < -0.4 is 14.8 Å². The molecule has 1 aromatic rings. The Balaban J connectivity index is 0.000000444. The van der Waals surface area contributed by atoms with E-state index in [4.69, 9.17) is 24.9 Å². The normalized spacial score (nSPS) is 15.8. The Kier molecular flexibility index (Phi) is 6.35. The van der Waals surface area contributed by atoms with E-state index in [1.807, 2.05) is 34.5 Å². The molecule has 0 aromatic heterocycles. The summed E-state index contributed by atoms with van der Waals surface area (Å²) in [4.78, 5) is 12.7. The maximum absolute atomic E-state index is 10.8. The maximum Gasteiger partial charge on any atom is 0.407 e. The van der Waals surface area contributed by atoms with Gasteiger partial charge in [0.05, 0.1) is 13.7 Å². The summed E-state index contributed by atoms with van der Waals surface area (Å²) < 4.78 is 15.6. The third kappa shape index (κ3) is 4.83. The summed E-state index contributed by atoms with van der Waals surface area (Å²) in [6.07, 6.45) is -0.633. The molecule has 0 bridgehead atoms. The molecule has 0 saturated carbocycles. The van der Waals surface area contributed by atoms with Crippen LogP contribution in [0.4, 0.5) is 4.79 Å². The molecule has 2 rings (SSSR count). The lowest BCUT2D eigenvalue weighted by molar-refractivity contribution is 0.103. The molecule has 1 fully saturated rings. The number of carbonyl (C=O) groups is 1. The van der Waals surface area contributed by atoms with Crippen molar-refractivity contribution in [1.82, 2.24) is 5.32 Å². The van der Waals surface area contributed by atoms with Gasteiger partial charge in [0.2, 0.25) is 0 Å².